The van der Waals surface area contributed by atoms with Crippen LogP contribution in [-0.2, 0) is 15.8 Å². The molecule has 0 atom stereocenters. The second-order valence-corrected chi connectivity index (χ2v) is 13.8. The van der Waals surface area contributed by atoms with Crippen LogP contribution in [0.15, 0.2) is 109 Å². The molecule has 50 heavy (non-hydrogen) atoms. The molecule has 2 saturated heterocycles. The van der Waals surface area contributed by atoms with Gasteiger partial charge in [-0.3, -0.25) is 14.6 Å². The van der Waals surface area contributed by atoms with E-state index in [1.807, 2.05) is 41.3 Å². The molecule has 6 rings (SSSR count). The number of aromatic nitrogens is 1. The van der Waals surface area contributed by atoms with E-state index in [2.05, 4.69) is 63.7 Å². The Labute approximate surface area is 313 Å². The van der Waals surface area contributed by atoms with Crippen LogP contribution in [0.2, 0.25) is 5.02 Å². The second-order valence-electron chi connectivity index (χ2n) is 13.4. The summed E-state index contributed by atoms with van der Waals surface area (Å²) in [7, 11) is 0. The fourth-order valence-electron chi connectivity index (χ4n) is 7.51. The Kier molecular flexibility index (Phi) is 14.3. The number of aliphatic hydroxyl groups is 1. The monoisotopic (exact) mass is 736 g/mol. The number of amides is 2. The summed E-state index contributed by atoms with van der Waals surface area (Å²) < 4.78 is 0. The number of piperidine rings is 2. The van der Waals surface area contributed by atoms with Crippen LogP contribution in [0.4, 0.5) is 0 Å². The van der Waals surface area contributed by atoms with E-state index in [0.717, 1.165) is 62.0 Å². The molecule has 0 aliphatic carbocycles. The Morgan fingerprint density at radius 3 is 2.00 bits per heavy atom. The summed E-state index contributed by atoms with van der Waals surface area (Å²) in [6.45, 7) is 3.72. The Hall–Kier alpha value is -3.46. The molecule has 0 spiro atoms. The molecule has 2 N–H and O–H groups in total. The third-order valence-corrected chi connectivity index (χ3v) is 10.6. The maximum atomic E-state index is 14.0. The van der Waals surface area contributed by atoms with Gasteiger partial charge in [-0.2, -0.15) is 0 Å². The average molecular weight is 738 g/mol. The van der Waals surface area contributed by atoms with Crippen molar-refractivity contribution in [1.82, 2.24) is 20.1 Å². The molecule has 0 unspecified atom stereocenters. The SMILES string of the molecule is Cl.Cl.O=C(CC(CCCN1CCC(O)(c2ccc(Cl)cc2)CC1)(c1ccccc1)c1ccccc1)NC1CCN(C(=O)c2cccnc2)CC1. The van der Waals surface area contributed by atoms with Gasteiger partial charge in [-0.15, -0.1) is 24.8 Å². The zero-order valence-corrected chi connectivity index (χ0v) is 30.6. The predicted molar refractivity (Wildman–Crippen MR) is 204 cm³/mol. The molecule has 3 aromatic carbocycles. The molecule has 7 nitrogen and oxygen atoms in total. The van der Waals surface area contributed by atoms with Gasteiger partial charge in [0.15, 0.2) is 0 Å². The van der Waals surface area contributed by atoms with E-state index >= 15 is 0 Å². The van der Waals surface area contributed by atoms with Crippen LogP contribution in [0.3, 0.4) is 0 Å². The lowest BCUT2D eigenvalue weighted by molar-refractivity contribution is -0.123. The maximum Gasteiger partial charge on any atom is 0.255 e. The summed E-state index contributed by atoms with van der Waals surface area (Å²) in [5.74, 6) is 0.0224. The van der Waals surface area contributed by atoms with Gasteiger partial charge in [0.25, 0.3) is 5.91 Å². The smallest absolute Gasteiger partial charge is 0.255 e. The number of halogens is 3. The minimum absolute atomic E-state index is 0. The minimum atomic E-state index is -0.834. The second kappa shape index (κ2) is 18.2. The van der Waals surface area contributed by atoms with Crippen molar-refractivity contribution in [2.75, 3.05) is 32.7 Å². The number of nitrogens with one attached hydrogen (secondary N) is 1. The van der Waals surface area contributed by atoms with Gasteiger partial charge in [0.2, 0.25) is 5.91 Å². The van der Waals surface area contributed by atoms with Crippen LogP contribution < -0.4 is 5.32 Å². The van der Waals surface area contributed by atoms with Gasteiger partial charge >= 0.3 is 0 Å². The quantitative estimate of drug-likeness (QED) is 0.167. The predicted octanol–water partition coefficient (Wildman–Crippen LogP) is 7.44. The fourth-order valence-corrected chi connectivity index (χ4v) is 7.64. The van der Waals surface area contributed by atoms with Gasteiger partial charge in [-0.05, 0) is 86.0 Å². The van der Waals surface area contributed by atoms with E-state index in [1.165, 1.54) is 0 Å². The number of rotatable bonds is 11. The fraction of sp³-hybridized carbons (Fsp3) is 0.375. The Morgan fingerprint density at radius 1 is 0.840 bits per heavy atom. The number of hydrogen-bond acceptors (Lipinski definition) is 5. The van der Waals surface area contributed by atoms with Crippen LogP contribution in [0.5, 0.6) is 0 Å². The normalized spacial score (nSPS) is 16.5. The van der Waals surface area contributed by atoms with E-state index in [9.17, 15) is 14.7 Å². The number of nitrogens with zero attached hydrogens (tertiary/aromatic N) is 3. The number of carbonyl (C=O) groups is 2. The van der Waals surface area contributed by atoms with Gasteiger partial charge in [0.1, 0.15) is 0 Å². The van der Waals surface area contributed by atoms with E-state index in [-0.39, 0.29) is 42.7 Å². The largest absolute Gasteiger partial charge is 0.385 e. The zero-order valence-electron chi connectivity index (χ0n) is 28.3. The first-order chi connectivity index (χ1) is 23.3. The van der Waals surface area contributed by atoms with Crippen LogP contribution in [0, 0.1) is 0 Å². The number of carbonyl (C=O) groups excluding carboxylic acids is 2. The highest BCUT2D eigenvalue weighted by atomic mass is 35.5. The number of likely N-dealkylation sites (tertiary alicyclic amines) is 2. The van der Waals surface area contributed by atoms with Gasteiger partial charge in [0, 0.05) is 61.5 Å². The third-order valence-electron chi connectivity index (χ3n) is 10.3. The van der Waals surface area contributed by atoms with Gasteiger partial charge in [-0.1, -0.05) is 84.4 Å². The van der Waals surface area contributed by atoms with E-state index in [1.54, 1.807) is 24.5 Å². The van der Waals surface area contributed by atoms with E-state index in [4.69, 9.17) is 11.6 Å². The standard InChI is InChI=1S/C40H45ClN4O3.2ClH/c41-35-16-14-34(15-17-35)40(48)21-27-44(28-22-40)24-8-20-39(32-10-3-1-4-11-32,33-12-5-2-6-13-33)29-37(46)43-36-18-25-45(26-19-36)38(47)31-9-7-23-42-30-31;;/h1-7,9-17,23,30,36,48H,8,18-22,24-29H2,(H,43,46);2*1H. The molecular weight excluding hydrogens is 691 g/mol. The number of pyridine rings is 1. The van der Waals surface area contributed by atoms with Crippen LogP contribution in [0.1, 0.15) is 72.0 Å². The zero-order chi connectivity index (χ0) is 33.4. The van der Waals surface area contributed by atoms with Gasteiger partial charge in [-0.25, -0.2) is 0 Å². The summed E-state index contributed by atoms with van der Waals surface area (Å²) in [5.41, 5.74) is 2.47. The maximum absolute atomic E-state index is 14.0. The highest BCUT2D eigenvalue weighted by Gasteiger charge is 2.38. The Bertz CT molecular complexity index is 1590. The van der Waals surface area contributed by atoms with E-state index < -0.39 is 11.0 Å². The lowest BCUT2D eigenvalue weighted by Crippen LogP contribution is -2.48. The van der Waals surface area contributed by atoms with Crippen molar-refractivity contribution < 1.29 is 14.7 Å². The highest BCUT2D eigenvalue weighted by Crippen LogP contribution is 2.41. The first kappa shape index (κ1) is 39.3. The first-order valence-electron chi connectivity index (χ1n) is 17.2. The van der Waals surface area contributed by atoms with Crippen molar-refractivity contribution in [3.63, 3.8) is 0 Å². The van der Waals surface area contributed by atoms with Crippen LogP contribution >= 0.6 is 36.4 Å². The molecule has 2 amide bonds. The van der Waals surface area contributed by atoms with Crippen LogP contribution in [-0.4, -0.2) is 70.5 Å². The Morgan fingerprint density at radius 2 is 1.44 bits per heavy atom. The van der Waals surface area contributed by atoms with Crippen molar-refractivity contribution in [3.8, 4) is 0 Å². The number of hydrogen-bond donors (Lipinski definition) is 2. The molecule has 1 aromatic heterocycles. The summed E-state index contributed by atoms with van der Waals surface area (Å²) in [6, 6.07) is 32.0. The molecule has 266 valence electrons. The molecule has 2 aliphatic rings. The molecule has 4 aromatic rings. The third kappa shape index (κ3) is 9.45. The summed E-state index contributed by atoms with van der Waals surface area (Å²) in [4.78, 5) is 35.3. The molecule has 0 radical (unpaired) electrons. The number of benzene rings is 3. The lowest BCUT2D eigenvalue weighted by Gasteiger charge is -2.40. The Balaban J connectivity index is 0.00000281. The van der Waals surface area contributed by atoms with Crippen molar-refractivity contribution in [2.45, 2.75) is 62.0 Å². The molecule has 0 bridgehead atoms. The summed E-state index contributed by atoms with van der Waals surface area (Å²) in [5, 5.41) is 15.4. The van der Waals surface area contributed by atoms with Gasteiger partial charge < -0.3 is 20.2 Å². The summed E-state index contributed by atoms with van der Waals surface area (Å²) >= 11 is 6.09. The molecule has 0 saturated carbocycles. The van der Waals surface area contributed by atoms with Crippen molar-refractivity contribution in [2.24, 2.45) is 0 Å². The highest BCUT2D eigenvalue weighted by molar-refractivity contribution is 6.30. The average Bonchev–Trinajstić information content (AvgIpc) is 3.13. The molecule has 10 heteroatoms. The van der Waals surface area contributed by atoms with Gasteiger partial charge in [0.05, 0.1) is 11.2 Å². The topological polar surface area (TPSA) is 85.8 Å². The lowest BCUT2D eigenvalue weighted by atomic mass is 9.68. The minimum Gasteiger partial charge on any atom is -0.385 e. The van der Waals surface area contributed by atoms with Crippen molar-refractivity contribution in [3.05, 3.63) is 137 Å². The molecule has 3 heterocycles. The van der Waals surface area contributed by atoms with Crippen LogP contribution in [0.25, 0.3) is 0 Å². The van der Waals surface area contributed by atoms with Crippen molar-refractivity contribution >= 4 is 48.2 Å². The summed E-state index contributed by atoms with van der Waals surface area (Å²) in [6.07, 6.45) is 8.12. The molecule has 2 aliphatic heterocycles. The van der Waals surface area contributed by atoms with E-state index in [0.29, 0.717) is 42.9 Å². The first-order valence-corrected chi connectivity index (χ1v) is 17.5. The van der Waals surface area contributed by atoms with Crippen molar-refractivity contribution in [1.29, 1.82) is 0 Å². The molecule has 2 fully saturated rings. The molecular formula is C40H47Cl3N4O3.